The molecule has 2 aromatic rings. The molecular formula is C20H14N2O6. The monoisotopic (exact) mass is 378 g/mol. The standard InChI is InChI=1S/C20H14N2O6/c1-26-18-7-6-14(10-16(18)22(24)25)19-21-15(20(23)28-19)9-12-8-13-4-2-3-5-17(13)27-11-12/h2-10H,11H2,1H3/b15-9-. The minimum atomic E-state index is -0.631. The Kier molecular flexibility index (Phi) is 4.36. The van der Waals surface area contributed by atoms with Crippen molar-refractivity contribution in [3.8, 4) is 11.5 Å². The van der Waals surface area contributed by atoms with Crippen molar-refractivity contribution < 1.29 is 23.9 Å². The van der Waals surface area contributed by atoms with Crippen LogP contribution < -0.4 is 9.47 Å². The van der Waals surface area contributed by atoms with E-state index >= 15 is 0 Å². The number of ether oxygens (including phenoxy) is 3. The topological polar surface area (TPSA) is 100 Å². The van der Waals surface area contributed by atoms with Gasteiger partial charge in [0.1, 0.15) is 12.4 Å². The maximum absolute atomic E-state index is 12.2. The van der Waals surface area contributed by atoms with Crippen molar-refractivity contribution in [2.45, 2.75) is 0 Å². The minimum Gasteiger partial charge on any atom is -0.490 e. The number of fused-ring (bicyclic) bond motifs is 1. The summed E-state index contributed by atoms with van der Waals surface area (Å²) < 4.78 is 15.8. The Morgan fingerprint density at radius 3 is 2.86 bits per heavy atom. The summed E-state index contributed by atoms with van der Waals surface area (Å²) in [6, 6.07) is 11.8. The maximum atomic E-state index is 12.2. The lowest BCUT2D eigenvalue weighted by molar-refractivity contribution is -0.385. The number of hydrogen-bond donors (Lipinski definition) is 0. The molecule has 140 valence electrons. The van der Waals surface area contributed by atoms with E-state index < -0.39 is 10.9 Å². The number of benzene rings is 2. The molecule has 0 saturated carbocycles. The minimum absolute atomic E-state index is 0.000249. The van der Waals surface area contributed by atoms with Gasteiger partial charge in [-0.25, -0.2) is 9.79 Å². The van der Waals surface area contributed by atoms with Crippen LogP contribution in [0.15, 0.2) is 64.8 Å². The number of rotatable bonds is 4. The smallest absolute Gasteiger partial charge is 0.363 e. The Bertz CT molecular complexity index is 1080. The summed E-state index contributed by atoms with van der Waals surface area (Å²) in [5.74, 6) is 0.249. The van der Waals surface area contributed by atoms with Crippen LogP contribution in [0.4, 0.5) is 5.69 Å². The van der Waals surface area contributed by atoms with E-state index in [1.165, 1.54) is 19.2 Å². The van der Waals surface area contributed by atoms with Crippen LogP contribution in [0, 0.1) is 10.1 Å². The summed E-state index contributed by atoms with van der Waals surface area (Å²) in [5.41, 5.74) is 1.83. The first kappa shape index (κ1) is 17.5. The van der Waals surface area contributed by atoms with Gasteiger partial charge in [-0.1, -0.05) is 18.2 Å². The summed E-state index contributed by atoms with van der Waals surface area (Å²) in [4.78, 5) is 27.0. The predicted octanol–water partition coefficient (Wildman–Crippen LogP) is 3.27. The van der Waals surface area contributed by atoms with Crippen LogP contribution in [0.25, 0.3) is 6.08 Å². The van der Waals surface area contributed by atoms with Gasteiger partial charge in [-0.15, -0.1) is 0 Å². The fraction of sp³-hybridized carbons (Fsp3) is 0.100. The zero-order chi connectivity index (χ0) is 19.7. The average Bonchev–Trinajstić information content (AvgIpc) is 3.07. The van der Waals surface area contributed by atoms with Gasteiger partial charge < -0.3 is 14.2 Å². The van der Waals surface area contributed by atoms with Crippen molar-refractivity contribution >= 4 is 23.6 Å². The number of carbonyl (C=O) groups is 1. The molecule has 0 aliphatic carbocycles. The lowest BCUT2D eigenvalue weighted by Crippen LogP contribution is -2.08. The van der Waals surface area contributed by atoms with Crippen molar-refractivity contribution in [3.05, 3.63) is 81.1 Å². The number of carbonyl (C=O) groups excluding carboxylic acids is 1. The quantitative estimate of drug-likeness (QED) is 0.350. The number of methoxy groups -OCH3 is 1. The molecule has 0 fully saturated rings. The van der Waals surface area contributed by atoms with Crippen molar-refractivity contribution in [3.63, 3.8) is 0 Å². The first-order chi connectivity index (χ1) is 13.5. The maximum Gasteiger partial charge on any atom is 0.363 e. The van der Waals surface area contributed by atoms with Crippen molar-refractivity contribution in [1.82, 2.24) is 0 Å². The van der Waals surface area contributed by atoms with Gasteiger partial charge in [0.2, 0.25) is 5.90 Å². The van der Waals surface area contributed by atoms with Crippen molar-refractivity contribution in [1.29, 1.82) is 0 Å². The van der Waals surface area contributed by atoms with Crippen molar-refractivity contribution in [2.24, 2.45) is 4.99 Å². The van der Waals surface area contributed by atoms with Gasteiger partial charge in [0, 0.05) is 17.2 Å². The van der Waals surface area contributed by atoms with Crippen LogP contribution in [0.5, 0.6) is 11.5 Å². The summed E-state index contributed by atoms with van der Waals surface area (Å²) in [6.45, 7) is 0.298. The van der Waals surface area contributed by atoms with Gasteiger partial charge in [-0.3, -0.25) is 10.1 Å². The second-order valence-electron chi connectivity index (χ2n) is 6.03. The number of aliphatic imine (C=N–C) groups is 1. The third-order valence-corrected chi connectivity index (χ3v) is 4.22. The Morgan fingerprint density at radius 2 is 2.07 bits per heavy atom. The molecule has 0 aromatic heterocycles. The Balaban J connectivity index is 1.66. The van der Waals surface area contributed by atoms with E-state index in [4.69, 9.17) is 14.2 Å². The number of esters is 1. The first-order valence-corrected chi connectivity index (χ1v) is 8.33. The van der Waals surface area contributed by atoms with E-state index in [0.29, 0.717) is 12.2 Å². The van der Waals surface area contributed by atoms with E-state index in [1.54, 1.807) is 12.1 Å². The Hall–Kier alpha value is -3.94. The molecule has 0 atom stereocenters. The molecule has 8 nitrogen and oxygen atoms in total. The molecule has 4 rings (SSSR count). The highest BCUT2D eigenvalue weighted by Crippen LogP contribution is 2.30. The van der Waals surface area contributed by atoms with Gasteiger partial charge in [0.15, 0.2) is 11.4 Å². The zero-order valence-electron chi connectivity index (χ0n) is 14.7. The average molecular weight is 378 g/mol. The van der Waals surface area contributed by atoms with E-state index in [0.717, 1.165) is 16.9 Å². The molecule has 2 heterocycles. The summed E-state index contributed by atoms with van der Waals surface area (Å²) in [6.07, 6.45) is 3.49. The van der Waals surface area contributed by atoms with Crippen LogP contribution in [0.3, 0.4) is 0 Å². The van der Waals surface area contributed by atoms with Crippen LogP contribution >= 0.6 is 0 Å². The lowest BCUT2D eigenvalue weighted by atomic mass is 10.1. The molecule has 0 bridgehead atoms. The fourth-order valence-electron chi connectivity index (χ4n) is 2.89. The number of nitro groups is 1. The molecule has 2 aromatic carbocycles. The van der Waals surface area contributed by atoms with E-state index in [1.807, 2.05) is 30.3 Å². The highest BCUT2D eigenvalue weighted by atomic mass is 16.6. The molecular weight excluding hydrogens is 364 g/mol. The molecule has 8 heteroatoms. The lowest BCUT2D eigenvalue weighted by Gasteiger charge is -2.15. The van der Waals surface area contributed by atoms with Gasteiger partial charge in [-0.2, -0.15) is 0 Å². The second-order valence-corrected chi connectivity index (χ2v) is 6.03. The molecule has 0 saturated heterocycles. The number of nitrogens with zero attached hydrogens (tertiary/aromatic N) is 2. The third kappa shape index (κ3) is 3.23. The molecule has 28 heavy (non-hydrogen) atoms. The SMILES string of the molecule is COc1ccc(C2=N/C(=C\C3=Cc4ccccc4OC3)C(=O)O2)cc1[N+](=O)[O-]. The van der Waals surface area contributed by atoms with E-state index in [2.05, 4.69) is 4.99 Å². The molecule has 2 aliphatic rings. The van der Waals surface area contributed by atoms with E-state index in [9.17, 15) is 14.9 Å². The number of hydrogen-bond acceptors (Lipinski definition) is 7. The zero-order valence-corrected chi connectivity index (χ0v) is 14.7. The first-order valence-electron chi connectivity index (χ1n) is 8.33. The van der Waals surface area contributed by atoms with Gasteiger partial charge in [-0.05, 0) is 35.9 Å². The largest absolute Gasteiger partial charge is 0.490 e. The third-order valence-electron chi connectivity index (χ3n) is 4.22. The van der Waals surface area contributed by atoms with Crippen LogP contribution in [-0.4, -0.2) is 30.5 Å². The van der Waals surface area contributed by atoms with Gasteiger partial charge >= 0.3 is 11.7 Å². The molecule has 0 spiro atoms. The Morgan fingerprint density at radius 1 is 1.25 bits per heavy atom. The number of cyclic esters (lactones) is 1. The second kappa shape index (κ2) is 6.99. The summed E-state index contributed by atoms with van der Waals surface area (Å²) >= 11 is 0. The predicted molar refractivity (Wildman–Crippen MR) is 100 cm³/mol. The number of nitro benzene ring substituents is 1. The van der Waals surface area contributed by atoms with Crippen LogP contribution in [0.2, 0.25) is 0 Å². The number of para-hydroxylation sites is 1. The van der Waals surface area contributed by atoms with E-state index in [-0.39, 0.29) is 23.0 Å². The normalized spacial score (nSPS) is 16.6. The highest BCUT2D eigenvalue weighted by Gasteiger charge is 2.27. The molecule has 2 aliphatic heterocycles. The Labute approximate surface area is 159 Å². The van der Waals surface area contributed by atoms with Crippen LogP contribution in [-0.2, 0) is 9.53 Å². The van der Waals surface area contributed by atoms with Crippen molar-refractivity contribution in [2.75, 3.05) is 13.7 Å². The van der Waals surface area contributed by atoms with Crippen LogP contribution in [0.1, 0.15) is 11.1 Å². The van der Waals surface area contributed by atoms with Gasteiger partial charge in [0.25, 0.3) is 0 Å². The fourth-order valence-corrected chi connectivity index (χ4v) is 2.89. The summed E-state index contributed by atoms with van der Waals surface area (Å²) in [7, 11) is 1.34. The van der Waals surface area contributed by atoms with Gasteiger partial charge in [0.05, 0.1) is 12.0 Å². The molecule has 0 N–H and O–H groups in total. The molecule has 0 amide bonds. The summed E-state index contributed by atoms with van der Waals surface area (Å²) in [5, 5.41) is 11.2. The molecule has 0 radical (unpaired) electrons. The highest BCUT2D eigenvalue weighted by molar-refractivity contribution is 6.11. The molecule has 0 unspecified atom stereocenters.